The smallest absolute Gasteiger partial charge is 0.263 e. The van der Waals surface area contributed by atoms with Crippen molar-refractivity contribution in [3.63, 3.8) is 0 Å². The molecule has 0 bridgehead atoms. The lowest BCUT2D eigenvalue weighted by Gasteiger charge is -2.27. The van der Waals surface area contributed by atoms with Crippen LogP contribution in [-0.4, -0.2) is 63.0 Å². The summed E-state index contributed by atoms with van der Waals surface area (Å²) >= 11 is 0. The number of benzene rings is 3. The maximum Gasteiger partial charge on any atom is 0.263 e. The predicted molar refractivity (Wildman–Crippen MR) is 197 cm³/mol. The Labute approximate surface area is 306 Å². The molecule has 53 heavy (non-hydrogen) atoms. The number of phenolic OH excluding ortho intramolecular Hbond substituents is 1. The molecular formula is C41H39N5O7. The summed E-state index contributed by atoms with van der Waals surface area (Å²) in [5.74, 6) is 3.37. The summed E-state index contributed by atoms with van der Waals surface area (Å²) in [6, 6.07) is 14.6. The van der Waals surface area contributed by atoms with Crippen LogP contribution in [0.3, 0.4) is 0 Å². The van der Waals surface area contributed by atoms with Gasteiger partial charge in [0.25, 0.3) is 17.7 Å². The summed E-state index contributed by atoms with van der Waals surface area (Å²) in [5.41, 5.74) is 4.46. The molecule has 2 aliphatic heterocycles. The van der Waals surface area contributed by atoms with Gasteiger partial charge < -0.3 is 15.7 Å². The third kappa shape index (κ3) is 7.51. The first-order valence-corrected chi connectivity index (χ1v) is 17.7. The van der Waals surface area contributed by atoms with Gasteiger partial charge in [0, 0.05) is 60.6 Å². The quantitative estimate of drug-likeness (QED) is 0.0985. The Morgan fingerprint density at radius 3 is 2.60 bits per heavy atom. The SMILES string of the molecule is CCCC(=O)NCc1c(-c2cccc(C(=O)NCCCCC#Cc3cccc4c3C(=O)N(C3CCC(=O)NC3=O)C4=O)c2)c(C)c2cccnc2c1O. The highest BCUT2D eigenvalue weighted by Gasteiger charge is 2.45. The van der Waals surface area contributed by atoms with Crippen molar-refractivity contribution in [2.75, 3.05) is 6.54 Å². The number of aryl methyl sites for hydroxylation is 1. The summed E-state index contributed by atoms with van der Waals surface area (Å²) in [5, 5.41) is 20.1. The number of amides is 6. The van der Waals surface area contributed by atoms with Gasteiger partial charge in [0.15, 0.2) is 0 Å². The molecule has 6 rings (SSSR count). The van der Waals surface area contributed by atoms with Crippen molar-refractivity contribution in [2.45, 2.75) is 71.4 Å². The van der Waals surface area contributed by atoms with Crippen molar-refractivity contribution < 1.29 is 33.9 Å². The molecule has 0 radical (unpaired) electrons. The van der Waals surface area contributed by atoms with Crippen LogP contribution in [0.2, 0.25) is 0 Å². The zero-order valence-electron chi connectivity index (χ0n) is 29.5. The lowest BCUT2D eigenvalue weighted by Crippen LogP contribution is -2.54. The van der Waals surface area contributed by atoms with Crippen LogP contribution in [0.15, 0.2) is 60.8 Å². The Balaban J connectivity index is 1.08. The Hall–Kier alpha value is -6.35. The van der Waals surface area contributed by atoms with E-state index >= 15 is 0 Å². The molecule has 0 aliphatic carbocycles. The van der Waals surface area contributed by atoms with Crippen LogP contribution >= 0.6 is 0 Å². The number of nitrogens with one attached hydrogen (secondary N) is 3. The van der Waals surface area contributed by atoms with Crippen molar-refractivity contribution >= 4 is 46.3 Å². The highest BCUT2D eigenvalue weighted by atomic mass is 16.3. The first-order chi connectivity index (χ1) is 25.6. The molecule has 12 nitrogen and oxygen atoms in total. The molecular weight excluding hydrogens is 674 g/mol. The van der Waals surface area contributed by atoms with Gasteiger partial charge in [0.05, 0.1) is 11.1 Å². The minimum absolute atomic E-state index is 0.0121. The largest absolute Gasteiger partial charge is 0.505 e. The van der Waals surface area contributed by atoms with Crippen LogP contribution in [-0.2, 0) is 20.9 Å². The average molecular weight is 714 g/mol. The van der Waals surface area contributed by atoms with Crippen molar-refractivity contribution in [3.8, 4) is 28.7 Å². The zero-order chi connectivity index (χ0) is 37.6. The fraction of sp³-hybridized carbons (Fsp3) is 0.293. The van der Waals surface area contributed by atoms with Gasteiger partial charge >= 0.3 is 0 Å². The molecule has 1 unspecified atom stereocenters. The van der Waals surface area contributed by atoms with Gasteiger partial charge in [-0.2, -0.15) is 0 Å². The number of hydrogen-bond donors (Lipinski definition) is 4. The number of rotatable bonds is 11. The highest BCUT2D eigenvalue weighted by molar-refractivity contribution is 6.24. The van der Waals surface area contributed by atoms with Gasteiger partial charge in [-0.3, -0.25) is 44.0 Å². The lowest BCUT2D eigenvalue weighted by molar-refractivity contribution is -0.136. The standard InChI is InChI=1S/C41H39N5O7/c1-3-11-32(47)44-23-30-34(24(2)28-17-10-21-42-36(28)37(30)49)26-14-8-15-27(22-26)38(50)43-20-7-5-4-6-12-25-13-9-16-29-35(25)41(53)46(40(29)52)31-18-19-33(48)45-39(31)51/h8-10,13-17,21-22,31,49H,3-5,7,11,18-20,23H2,1-2H3,(H,43,50)(H,44,47)(H,45,48,51). The minimum Gasteiger partial charge on any atom is -0.505 e. The topological polar surface area (TPSA) is 175 Å². The number of imide groups is 2. The number of hydrogen-bond acceptors (Lipinski definition) is 8. The Morgan fingerprint density at radius 1 is 1.00 bits per heavy atom. The maximum atomic E-state index is 13.3. The summed E-state index contributed by atoms with van der Waals surface area (Å²) in [7, 11) is 0. The molecule has 12 heteroatoms. The summed E-state index contributed by atoms with van der Waals surface area (Å²) in [4.78, 5) is 81.2. The van der Waals surface area contributed by atoms with Crippen LogP contribution in [0.1, 0.15) is 99.6 Å². The Morgan fingerprint density at radius 2 is 1.81 bits per heavy atom. The van der Waals surface area contributed by atoms with E-state index < -0.39 is 29.7 Å². The molecule has 3 aromatic carbocycles. The second-order valence-corrected chi connectivity index (χ2v) is 13.0. The highest BCUT2D eigenvalue weighted by Crippen LogP contribution is 2.40. The van der Waals surface area contributed by atoms with Crippen molar-refractivity contribution in [3.05, 3.63) is 94.2 Å². The van der Waals surface area contributed by atoms with Gasteiger partial charge in [-0.25, -0.2) is 0 Å². The molecule has 6 amide bonds. The molecule has 4 N–H and O–H groups in total. The van der Waals surface area contributed by atoms with Gasteiger partial charge in [-0.15, -0.1) is 0 Å². The number of unbranched alkanes of at least 4 members (excludes halogenated alkanes) is 2. The number of pyridine rings is 1. The van der Waals surface area contributed by atoms with Crippen LogP contribution in [0.5, 0.6) is 5.75 Å². The summed E-state index contributed by atoms with van der Waals surface area (Å²) < 4.78 is 0. The third-order valence-corrected chi connectivity index (χ3v) is 9.46. The normalized spacial score (nSPS) is 15.1. The number of nitrogens with zero attached hydrogens (tertiary/aromatic N) is 2. The molecule has 1 fully saturated rings. The Kier molecular flexibility index (Phi) is 10.9. The number of piperidine rings is 1. The number of aromatic nitrogens is 1. The van der Waals surface area contributed by atoms with Crippen molar-refractivity contribution in [2.24, 2.45) is 0 Å². The average Bonchev–Trinajstić information content (AvgIpc) is 3.41. The van der Waals surface area contributed by atoms with Crippen LogP contribution in [0.4, 0.5) is 0 Å². The molecule has 3 heterocycles. The molecule has 1 atom stereocenters. The second kappa shape index (κ2) is 15.9. The predicted octanol–water partition coefficient (Wildman–Crippen LogP) is 4.69. The van der Waals surface area contributed by atoms with E-state index in [9.17, 15) is 33.9 Å². The minimum atomic E-state index is -1.05. The third-order valence-electron chi connectivity index (χ3n) is 9.46. The number of carbonyl (C=O) groups is 6. The number of fused-ring (bicyclic) bond motifs is 2. The molecule has 1 aromatic heterocycles. The molecule has 0 spiro atoms. The van der Waals surface area contributed by atoms with E-state index in [1.54, 1.807) is 42.6 Å². The van der Waals surface area contributed by atoms with E-state index in [1.165, 1.54) is 6.07 Å². The van der Waals surface area contributed by atoms with E-state index in [0.717, 1.165) is 27.0 Å². The molecule has 0 saturated carbocycles. The van der Waals surface area contributed by atoms with Crippen LogP contribution < -0.4 is 16.0 Å². The lowest BCUT2D eigenvalue weighted by atomic mass is 9.90. The maximum absolute atomic E-state index is 13.3. The van der Waals surface area contributed by atoms with E-state index in [1.807, 2.05) is 26.0 Å². The van der Waals surface area contributed by atoms with Gasteiger partial charge in [-0.1, -0.05) is 43.0 Å². The second-order valence-electron chi connectivity index (χ2n) is 13.0. The monoisotopic (exact) mass is 713 g/mol. The van der Waals surface area contributed by atoms with Gasteiger partial charge in [-0.05, 0) is 79.6 Å². The van der Waals surface area contributed by atoms with Crippen LogP contribution in [0.25, 0.3) is 22.0 Å². The Bertz CT molecular complexity index is 2240. The zero-order valence-corrected chi connectivity index (χ0v) is 29.5. The number of aromatic hydroxyl groups is 1. The molecule has 1 saturated heterocycles. The molecule has 270 valence electrons. The molecule has 4 aromatic rings. The van der Waals surface area contributed by atoms with Crippen molar-refractivity contribution in [1.29, 1.82) is 0 Å². The van der Waals surface area contributed by atoms with Crippen molar-refractivity contribution in [1.82, 2.24) is 25.8 Å². The van der Waals surface area contributed by atoms with E-state index in [2.05, 4.69) is 32.8 Å². The number of phenols is 1. The van der Waals surface area contributed by atoms with E-state index in [4.69, 9.17) is 0 Å². The first kappa shape index (κ1) is 36.4. The van der Waals surface area contributed by atoms with E-state index in [0.29, 0.717) is 60.9 Å². The first-order valence-electron chi connectivity index (χ1n) is 17.7. The fourth-order valence-electron chi connectivity index (χ4n) is 6.82. The van der Waals surface area contributed by atoms with Gasteiger partial charge in [0.1, 0.15) is 17.3 Å². The molecule has 2 aliphatic rings. The van der Waals surface area contributed by atoms with Crippen LogP contribution in [0, 0.1) is 18.8 Å². The van der Waals surface area contributed by atoms with Gasteiger partial charge in [0.2, 0.25) is 17.7 Å². The summed E-state index contributed by atoms with van der Waals surface area (Å²) in [6.07, 6.45) is 4.57. The van der Waals surface area contributed by atoms with E-state index in [-0.39, 0.29) is 48.1 Å². The summed E-state index contributed by atoms with van der Waals surface area (Å²) in [6.45, 7) is 4.36. The fourth-order valence-corrected chi connectivity index (χ4v) is 6.82. The number of carbonyl (C=O) groups excluding carboxylic acids is 6.